The summed E-state index contributed by atoms with van der Waals surface area (Å²) in [6.45, 7) is 0. The van der Waals surface area contributed by atoms with E-state index < -0.39 is 21.8 Å². The first-order chi connectivity index (χ1) is 9.21. The Labute approximate surface area is 112 Å². The second kappa shape index (κ2) is 4.78. The highest BCUT2D eigenvalue weighted by atomic mass is 32.2. The Hall–Kier alpha value is -2.09. The molecule has 0 fully saturated rings. The van der Waals surface area contributed by atoms with Crippen LogP contribution in [0, 0.1) is 0 Å². The Balaban J connectivity index is 2.45. The molecule has 0 saturated carbocycles. The van der Waals surface area contributed by atoms with Crippen molar-refractivity contribution < 1.29 is 21.6 Å². The Kier molecular flexibility index (Phi) is 3.43. The van der Waals surface area contributed by atoms with Gasteiger partial charge < -0.3 is 0 Å². The number of halogens is 3. The van der Waals surface area contributed by atoms with E-state index in [-0.39, 0.29) is 10.3 Å². The number of pyridine rings is 1. The zero-order valence-corrected chi connectivity index (χ0v) is 10.6. The first-order valence-electron chi connectivity index (χ1n) is 5.32. The van der Waals surface area contributed by atoms with Crippen molar-refractivity contribution >= 4 is 10.0 Å². The largest absolute Gasteiger partial charge is 0.416 e. The first kappa shape index (κ1) is 14.3. The smallest absolute Gasteiger partial charge is 0.290 e. The molecule has 0 unspecified atom stereocenters. The van der Waals surface area contributed by atoms with Gasteiger partial charge in [0.25, 0.3) is 10.0 Å². The number of hydrogen-bond donors (Lipinski definition) is 0. The number of alkyl halides is 3. The van der Waals surface area contributed by atoms with Crippen LogP contribution in [0.4, 0.5) is 13.2 Å². The summed E-state index contributed by atoms with van der Waals surface area (Å²) < 4.78 is 62.1. The van der Waals surface area contributed by atoms with Gasteiger partial charge in [0, 0.05) is 24.5 Å². The van der Waals surface area contributed by atoms with Gasteiger partial charge in [0.05, 0.1) is 10.5 Å². The van der Waals surface area contributed by atoms with Crippen LogP contribution in [0.25, 0.3) is 0 Å². The number of aromatic nitrogens is 1. The number of hydrogen-bond acceptors (Lipinski definition) is 3. The van der Waals surface area contributed by atoms with Crippen molar-refractivity contribution in [2.45, 2.75) is 11.1 Å². The summed E-state index contributed by atoms with van der Waals surface area (Å²) in [7, 11) is -4.01. The lowest BCUT2D eigenvalue weighted by molar-refractivity contribution is -0.137. The van der Waals surface area contributed by atoms with Gasteiger partial charge in [0.2, 0.25) is 0 Å². The molecule has 4 nitrogen and oxygen atoms in total. The molecule has 0 N–H and O–H groups in total. The predicted molar refractivity (Wildman–Crippen MR) is 64.7 cm³/mol. The van der Waals surface area contributed by atoms with Crippen molar-refractivity contribution in [3.05, 3.63) is 64.6 Å². The zero-order chi connectivity index (χ0) is 15.0. The highest BCUT2D eigenvalue weighted by molar-refractivity contribution is 7.90. The van der Waals surface area contributed by atoms with Gasteiger partial charge in [-0.15, -0.1) is 0 Å². The molecule has 0 bridgehead atoms. The summed E-state index contributed by atoms with van der Waals surface area (Å²) in [5.74, 6) is 0. The molecule has 8 heteroatoms. The molecule has 0 amide bonds. The summed E-state index contributed by atoms with van der Waals surface area (Å²) >= 11 is 0. The first-order valence-corrected chi connectivity index (χ1v) is 6.76. The van der Waals surface area contributed by atoms with Gasteiger partial charge in [0.15, 0.2) is 5.43 Å². The van der Waals surface area contributed by atoms with Crippen molar-refractivity contribution in [3.63, 3.8) is 0 Å². The summed E-state index contributed by atoms with van der Waals surface area (Å²) in [4.78, 5) is 10.6. The Morgan fingerprint density at radius 2 is 1.40 bits per heavy atom. The van der Waals surface area contributed by atoms with Crippen LogP contribution in [0.1, 0.15) is 5.56 Å². The van der Waals surface area contributed by atoms with Crippen LogP contribution < -0.4 is 5.43 Å². The Morgan fingerprint density at radius 3 is 1.85 bits per heavy atom. The fourth-order valence-electron chi connectivity index (χ4n) is 1.50. The normalized spacial score (nSPS) is 12.3. The molecule has 0 spiro atoms. The molecule has 106 valence electrons. The van der Waals surface area contributed by atoms with Gasteiger partial charge in [-0.1, -0.05) is 0 Å². The van der Waals surface area contributed by atoms with Crippen LogP contribution in [-0.4, -0.2) is 12.4 Å². The number of benzene rings is 1. The fraction of sp³-hybridized carbons (Fsp3) is 0.0833. The van der Waals surface area contributed by atoms with E-state index in [1.807, 2.05) is 0 Å². The van der Waals surface area contributed by atoms with E-state index >= 15 is 0 Å². The minimum atomic E-state index is -4.53. The molecular weight excluding hydrogens is 295 g/mol. The van der Waals surface area contributed by atoms with E-state index in [0.717, 1.165) is 40.6 Å². The van der Waals surface area contributed by atoms with Crippen LogP contribution in [0.15, 0.2) is 58.5 Å². The van der Waals surface area contributed by atoms with E-state index in [9.17, 15) is 26.4 Å². The van der Waals surface area contributed by atoms with Crippen molar-refractivity contribution in [2.75, 3.05) is 0 Å². The molecule has 0 aliphatic rings. The molecule has 20 heavy (non-hydrogen) atoms. The minimum absolute atomic E-state index is 0.297. The van der Waals surface area contributed by atoms with Crippen molar-refractivity contribution in [2.24, 2.45) is 0 Å². The summed E-state index contributed by atoms with van der Waals surface area (Å²) in [5.41, 5.74) is -1.31. The van der Waals surface area contributed by atoms with Gasteiger partial charge in [-0.25, -0.2) is 12.4 Å². The third kappa shape index (κ3) is 2.74. The van der Waals surface area contributed by atoms with Gasteiger partial charge in [-0.2, -0.15) is 13.2 Å². The van der Waals surface area contributed by atoms with Crippen molar-refractivity contribution in [1.82, 2.24) is 3.97 Å². The van der Waals surface area contributed by atoms with E-state index in [4.69, 9.17) is 0 Å². The van der Waals surface area contributed by atoms with Crippen LogP contribution in [0.3, 0.4) is 0 Å². The number of rotatable bonds is 2. The Morgan fingerprint density at radius 1 is 0.900 bits per heavy atom. The van der Waals surface area contributed by atoms with Gasteiger partial charge in [0.1, 0.15) is 0 Å². The monoisotopic (exact) mass is 303 g/mol. The summed E-state index contributed by atoms with van der Waals surface area (Å²) in [6.07, 6.45) is -2.45. The van der Waals surface area contributed by atoms with Crippen LogP contribution in [0.2, 0.25) is 0 Å². The molecular formula is C12H8F3NO3S. The lowest BCUT2D eigenvalue weighted by Gasteiger charge is -2.10. The van der Waals surface area contributed by atoms with Crippen LogP contribution in [-0.2, 0) is 16.2 Å². The lowest BCUT2D eigenvalue weighted by Crippen LogP contribution is -2.15. The maximum absolute atomic E-state index is 12.4. The van der Waals surface area contributed by atoms with Gasteiger partial charge in [-0.05, 0) is 24.3 Å². The lowest BCUT2D eigenvalue weighted by atomic mass is 10.2. The van der Waals surface area contributed by atoms with E-state index in [1.165, 1.54) is 0 Å². The predicted octanol–water partition coefficient (Wildman–Crippen LogP) is 2.10. The molecule has 1 aromatic heterocycles. The van der Waals surface area contributed by atoms with Crippen LogP contribution >= 0.6 is 0 Å². The fourth-order valence-corrected chi connectivity index (χ4v) is 2.66. The highest BCUT2D eigenvalue weighted by Crippen LogP contribution is 2.29. The van der Waals surface area contributed by atoms with Gasteiger partial charge >= 0.3 is 6.18 Å². The SMILES string of the molecule is O=c1ccn(S(=O)(=O)c2ccc(C(F)(F)F)cc2)cc1. The third-order valence-corrected chi connectivity index (χ3v) is 4.19. The molecule has 2 rings (SSSR count). The van der Waals surface area contributed by atoms with E-state index in [0.29, 0.717) is 12.1 Å². The molecule has 0 radical (unpaired) electrons. The topological polar surface area (TPSA) is 56.1 Å². The average Bonchev–Trinajstić information content (AvgIpc) is 2.38. The Bertz CT molecular complexity index is 756. The molecule has 0 aliphatic carbocycles. The maximum Gasteiger partial charge on any atom is 0.416 e. The molecule has 2 aromatic rings. The molecule has 0 aliphatic heterocycles. The quantitative estimate of drug-likeness (QED) is 0.854. The molecule has 1 heterocycles. The minimum Gasteiger partial charge on any atom is -0.290 e. The van der Waals surface area contributed by atoms with Crippen molar-refractivity contribution in [3.8, 4) is 0 Å². The maximum atomic E-state index is 12.4. The average molecular weight is 303 g/mol. The van der Waals surface area contributed by atoms with E-state index in [2.05, 4.69) is 0 Å². The van der Waals surface area contributed by atoms with Gasteiger partial charge in [-0.3, -0.25) is 4.79 Å². The summed E-state index contributed by atoms with van der Waals surface area (Å²) in [6, 6.07) is 5.21. The zero-order valence-electron chi connectivity index (χ0n) is 9.83. The van der Waals surface area contributed by atoms with Crippen molar-refractivity contribution in [1.29, 1.82) is 0 Å². The number of nitrogens with zero attached hydrogens (tertiary/aromatic N) is 1. The third-order valence-electron chi connectivity index (χ3n) is 2.53. The second-order valence-electron chi connectivity index (χ2n) is 3.89. The summed E-state index contributed by atoms with van der Waals surface area (Å²) in [5, 5.41) is 0. The molecule has 0 saturated heterocycles. The van der Waals surface area contributed by atoms with E-state index in [1.54, 1.807) is 0 Å². The highest BCUT2D eigenvalue weighted by Gasteiger charge is 2.30. The molecule has 1 aromatic carbocycles. The molecule has 0 atom stereocenters. The standard InChI is InChI=1S/C12H8F3NO3S/c13-12(14,15)9-1-3-11(4-2-9)20(18,19)16-7-5-10(17)6-8-16/h1-8H. The second-order valence-corrected chi connectivity index (χ2v) is 5.73. The van der Waals surface area contributed by atoms with Crippen LogP contribution in [0.5, 0.6) is 0 Å².